The summed E-state index contributed by atoms with van der Waals surface area (Å²) in [5.41, 5.74) is 2.23. The maximum atomic E-state index is 4.98. The summed E-state index contributed by atoms with van der Waals surface area (Å²) in [6.07, 6.45) is 3.38. The van der Waals surface area contributed by atoms with Gasteiger partial charge in [-0.1, -0.05) is 6.07 Å². The molecule has 0 fully saturated rings. The lowest BCUT2D eigenvalue weighted by Crippen LogP contribution is -2.00. The summed E-state index contributed by atoms with van der Waals surface area (Å²) in [5.74, 6) is 0.855. The van der Waals surface area contributed by atoms with Gasteiger partial charge in [-0.3, -0.25) is 0 Å². The van der Waals surface area contributed by atoms with Crippen LogP contribution in [0.15, 0.2) is 39.7 Å². The van der Waals surface area contributed by atoms with Crippen LogP contribution in [-0.4, -0.2) is 4.98 Å². The Morgan fingerprint density at radius 1 is 1.40 bits per heavy atom. The smallest absolute Gasteiger partial charge is 0.127 e. The third-order valence-corrected chi connectivity index (χ3v) is 2.89. The summed E-state index contributed by atoms with van der Waals surface area (Å²) in [6, 6.07) is 5.91. The molecule has 2 heterocycles. The van der Waals surface area contributed by atoms with Gasteiger partial charge in [0.05, 0.1) is 12.5 Å². The molecule has 0 radical (unpaired) electrons. The molecular weight excluding hydrogens is 256 g/mol. The molecule has 0 aromatic carbocycles. The van der Waals surface area contributed by atoms with E-state index in [-0.39, 0.29) is 0 Å². The highest BCUT2D eigenvalue weighted by Crippen LogP contribution is 2.16. The molecule has 0 atom stereocenters. The molecule has 78 valence electrons. The van der Waals surface area contributed by atoms with Crippen LogP contribution in [0.2, 0.25) is 0 Å². The van der Waals surface area contributed by atoms with Crippen LogP contribution in [0.4, 0.5) is 5.82 Å². The fraction of sp³-hybridized carbons (Fsp3) is 0.182. The van der Waals surface area contributed by atoms with Gasteiger partial charge in [-0.05, 0) is 40.5 Å². The van der Waals surface area contributed by atoms with E-state index in [0.29, 0.717) is 0 Å². The van der Waals surface area contributed by atoms with E-state index in [4.69, 9.17) is 4.42 Å². The lowest BCUT2D eigenvalue weighted by Gasteiger charge is -2.05. The molecule has 2 aromatic heterocycles. The highest BCUT2D eigenvalue weighted by atomic mass is 79.9. The lowest BCUT2D eigenvalue weighted by atomic mass is 10.3. The standard InChI is InChI=1S/C11H11BrN2O/c1-8-2-3-10(14-11(8)12)13-6-9-4-5-15-7-9/h2-5,7H,6H2,1H3,(H,13,14). The number of hydrogen-bond acceptors (Lipinski definition) is 3. The molecule has 15 heavy (non-hydrogen) atoms. The predicted molar refractivity (Wildman–Crippen MR) is 62.7 cm³/mol. The molecule has 0 aliphatic carbocycles. The number of halogens is 1. The zero-order chi connectivity index (χ0) is 10.7. The van der Waals surface area contributed by atoms with Crippen LogP contribution in [0.3, 0.4) is 0 Å². The Morgan fingerprint density at radius 2 is 2.27 bits per heavy atom. The van der Waals surface area contributed by atoms with Crippen molar-refractivity contribution in [3.63, 3.8) is 0 Å². The largest absolute Gasteiger partial charge is 0.472 e. The van der Waals surface area contributed by atoms with Crippen molar-refractivity contribution < 1.29 is 4.42 Å². The van der Waals surface area contributed by atoms with E-state index in [2.05, 4.69) is 26.2 Å². The zero-order valence-electron chi connectivity index (χ0n) is 8.33. The van der Waals surface area contributed by atoms with Crippen LogP contribution in [-0.2, 0) is 6.54 Å². The highest BCUT2D eigenvalue weighted by molar-refractivity contribution is 9.10. The Labute approximate surface area is 96.6 Å². The van der Waals surface area contributed by atoms with Gasteiger partial charge in [-0.25, -0.2) is 4.98 Å². The third-order valence-electron chi connectivity index (χ3n) is 2.09. The average molecular weight is 267 g/mol. The molecule has 0 spiro atoms. The predicted octanol–water partition coefficient (Wildman–Crippen LogP) is 3.36. The summed E-state index contributed by atoms with van der Waals surface area (Å²) < 4.78 is 5.85. The second-order valence-electron chi connectivity index (χ2n) is 3.29. The van der Waals surface area contributed by atoms with Gasteiger partial charge in [0.2, 0.25) is 0 Å². The average Bonchev–Trinajstić information content (AvgIpc) is 2.73. The second kappa shape index (κ2) is 4.49. The second-order valence-corrected chi connectivity index (χ2v) is 4.04. The van der Waals surface area contributed by atoms with Crippen LogP contribution in [0.5, 0.6) is 0 Å². The van der Waals surface area contributed by atoms with Crippen LogP contribution in [0.25, 0.3) is 0 Å². The van der Waals surface area contributed by atoms with Gasteiger partial charge in [0.25, 0.3) is 0 Å². The van der Waals surface area contributed by atoms with Crippen molar-refractivity contribution in [1.82, 2.24) is 4.98 Å². The molecule has 0 aliphatic heterocycles. The van der Waals surface area contributed by atoms with Crippen molar-refractivity contribution >= 4 is 21.7 Å². The maximum absolute atomic E-state index is 4.98. The molecule has 0 saturated heterocycles. The van der Waals surface area contributed by atoms with E-state index in [1.165, 1.54) is 0 Å². The van der Waals surface area contributed by atoms with E-state index in [1.54, 1.807) is 12.5 Å². The molecular formula is C11H11BrN2O. The fourth-order valence-corrected chi connectivity index (χ4v) is 1.51. The quantitative estimate of drug-likeness (QED) is 0.866. The molecule has 2 aromatic rings. The van der Waals surface area contributed by atoms with Crippen LogP contribution in [0, 0.1) is 6.92 Å². The van der Waals surface area contributed by atoms with Crippen molar-refractivity contribution in [3.8, 4) is 0 Å². The first-order valence-electron chi connectivity index (χ1n) is 4.64. The van der Waals surface area contributed by atoms with Gasteiger partial charge < -0.3 is 9.73 Å². The van der Waals surface area contributed by atoms with Crippen LogP contribution < -0.4 is 5.32 Å². The van der Waals surface area contributed by atoms with Crippen molar-refractivity contribution in [1.29, 1.82) is 0 Å². The molecule has 0 unspecified atom stereocenters. The minimum atomic E-state index is 0.721. The Hall–Kier alpha value is -1.29. The van der Waals surface area contributed by atoms with Gasteiger partial charge in [0, 0.05) is 12.1 Å². The molecule has 3 nitrogen and oxygen atoms in total. The van der Waals surface area contributed by atoms with E-state index in [9.17, 15) is 0 Å². The van der Waals surface area contributed by atoms with Crippen molar-refractivity contribution in [3.05, 3.63) is 46.5 Å². The molecule has 0 amide bonds. The number of aryl methyl sites for hydroxylation is 1. The first-order valence-corrected chi connectivity index (χ1v) is 5.43. The lowest BCUT2D eigenvalue weighted by molar-refractivity contribution is 0.564. The number of aromatic nitrogens is 1. The number of rotatable bonds is 3. The number of nitrogens with zero attached hydrogens (tertiary/aromatic N) is 1. The third kappa shape index (κ3) is 2.59. The summed E-state index contributed by atoms with van der Waals surface area (Å²) in [4.78, 5) is 4.35. The SMILES string of the molecule is Cc1ccc(NCc2ccoc2)nc1Br. The van der Waals surface area contributed by atoms with Gasteiger partial charge in [0.15, 0.2) is 0 Å². The molecule has 0 aliphatic rings. The number of anilines is 1. The van der Waals surface area contributed by atoms with Crippen molar-refractivity contribution in [2.45, 2.75) is 13.5 Å². The number of hydrogen-bond donors (Lipinski definition) is 1. The van der Waals surface area contributed by atoms with E-state index in [1.807, 2.05) is 25.1 Å². The Bertz CT molecular complexity index is 440. The molecule has 2 rings (SSSR count). The minimum Gasteiger partial charge on any atom is -0.472 e. The number of nitrogens with one attached hydrogen (secondary N) is 1. The monoisotopic (exact) mass is 266 g/mol. The Kier molecular flexibility index (Phi) is 3.06. The van der Waals surface area contributed by atoms with Gasteiger partial charge in [-0.2, -0.15) is 0 Å². The zero-order valence-corrected chi connectivity index (χ0v) is 9.91. The van der Waals surface area contributed by atoms with Gasteiger partial charge in [0.1, 0.15) is 10.4 Å². The molecule has 0 bridgehead atoms. The van der Waals surface area contributed by atoms with Crippen molar-refractivity contribution in [2.24, 2.45) is 0 Å². The number of furan rings is 1. The molecule has 0 saturated carbocycles. The summed E-state index contributed by atoms with van der Waals surface area (Å²) in [7, 11) is 0. The minimum absolute atomic E-state index is 0.721. The topological polar surface area (TPSA) is 38.1 Å². The number of pyridine rings is 1. The normalized spacial score (nSPS) is 10.3. The summed E-state index contributed by atoms with van der Waals surface area (Å²) >= 11 is 3.40. The summed E-state index contributed by atoms with van der Waals surface area (Å²) in [5, 5.41) is 3.21. The Morgan fingerprint density at radius 3 is 2.93 bits per heavy atom. The maximum Gasteiger partial charge on any atom is 0.127 e. The van der Waals surface area contributed by atoms with Crippen molar-refractivity contribution in [2.75, 3.05) is 5.32 Å². The van der Waals surface area contributed by atoms with E-state index in [0.717, 1.165) is 28.1 Å². The molecule has 1 N–H and O–H groups in total. The van der Waals surface area contributed by atoms with E-state index >= 15 is 0 Å². The van der Waals surface area contributed by atoms with E-state index < -0.39 is 0 Å². The van der Waals surface area contributed by atoms with Crippen LogP contribution >= 0.6 is 15.9 Å². The Balaban J connectivity index is 2.02. The first kappa shape index (κ1) is 10.2. The van der Waals surface area contributed by atoms with Gasteiger partial charge >= 0.3 is 0 Å². The van der Waals surface area contributed by atoms with Crippen LogP contribution in [0.1, 0.15) is 11.1 Å². The van der Waals surface area contributed by atoms with Gasteiger partial charge in [-0.15, -0.1) is 0 Å². The highest BCUT2D eigenvalue weighted by Gasteiger charge is 1.99. The fourth-order valence-electron chi connectivity index (χ4n) is 1.19. The first-order chi connectivity index (χ1) is 7.25. The molecule has 4 heteroatoms. The summed E-state index contributed by atoms with van der Waals surface area (Å²) in [6.45, 7) is 2.73.